The molecule has 27 heavy (non-hydrogen) atoms. The molecule has 0 aliphatic carbocycles. The zero-order chi connectivity index (χ0) is 19.6. The first-order valence-corrected chi connectivity index (χ1v) is 9.95. The molecule has 1 amide bonds. The highest BCUT2D eigenvalue weighted by Gasteiger charge is 2.28. The molecule has 1 aliphatic rings. The highest BCUT2D eigenvalue weighted by Crippen LogP contribution is 2.21. The Morgan fingerprint density at radius 2 is 2.07 bits per heavy atom. The number of nitrogens with zero attached hydrogens (tertiary/aromatic N) is 1. The fraction of sp³-hybridized carbons (Fsp3) is 0.524. The number of hydrogen-bond donors (Lipinski definition) is 2. The molecule has 2 rings (SSSR count). The van der Waals surface area contributed by atoms with Gasteiger partial charge >= 0.3 is 5.97 Å². The Balaban J connectivity index is 1.77. The molecule has 0 aromatic heterocycles. The fourth-order valence-corrected chi connectivity index (χ4v) is 3.60. The van der Waals surface area contributed by atoms with Crippen LogP contribution in [0.1, 0.15) is 50.5 Å². The molecule has 2 N–H and O–H groups in total. The second kappa shape index (κ2) is 11.1. The quantitative estimate of drug-likeness (QED) is 0.442. The summed E-state index contributed by atoms with van der Waals surface area (Å²) in [7, 11) is 0. The number of aliphatic hydroxyl groups excluding tert-OH is 1. The highest BCUT2D eigenvalue weighted by atomic mass is 35.5. The molecule has 1 aromatic carbocycles. The van der Waals surface area contributed by atoms with Crippen molar-refractivity contribution in [1.29, 1.82) is 0 Å². The van der Waals surface area contributed by atoms with E-state index in [0.29, 0.717) is 30.8 Å². The van der Waals surface area contributed by atoms with E-state index in [-0.39, 0.29) is 18.4 Å². The van der Waals surface area contributed by atoms with E-state index in [1.165, 1.54) is 0 Å². The molecule has 0 spiro atoms. The van der Waals surface area contributed by atoms with Gasteiger partial charge in [0.15, 0.2) is 0 Å². The third-order valence-electron chi connectivity index (χ3n) is 4.80. The molecular formula is C21H28ClNO4. The zero-order valence-corrected chi connectivity index (χ0v) is 16.3. The number of carboxylic acids is 1. The number of likely N-dealkylation sites (tertiary alicyclic amines) is 1. The number of rotatable bonds is 11. The summed E-state index contributed by atoms with van der Waals surface area (Å²) in [6.07, 6.45) is 8.45. The number of carboxylic acid groups (broad SMARTS) is 1. The third-order valence-corrected chi connectivity index (χ3v) is 5.04. The van der Waals surface area contributed by atoms with Gasteiger partial charge in [0, 0.05) is 30.8 Å². The van der Waals surface area contributed by atoms with Crippen LogP contribution in [-0.4, -0.2) is 45.7 Å². The van der Waals surface area contributed by atoms with Gasteiger partial charge in [-0.05, 0) is 37.0 Å². The van der Waals surface area contributed by atoms with Gasteiger partial charge in [0.25, 0.3) is 0 Å². The molecule has 0 saturated carbocycles. The lowest BCUT2D eigenvalue weighted by molar-refractivity contribution is -0.137. The zero-order valence-electron chi connectivity index (χ0n) is 15.5. The van der Waals surface area contributed by atoms with Gasteiger partial charge < -0.3 is 15.1 Å². The number of aliphatic hydroxyl groups is 1. The van der Waals surface area contributed by atoms with Gasteiger partial charge in [-0.3, -0.25) is 9.59 Å². The van der Waals surface area contributed by atoms with Crippen molar-refractivity contribution in [1.82, 2.24) is 4.90 Å². The summed E-state index contributed by atoms with van der Waals surface area (Å²) in [5.74, 6) is -0.606. The van der Waals surface area contributed by atoms with E-state index in [9.17, 15) is 14.7 Å². The number of unbranched alkanes of at least 4 members (excludes halogenated alkanes) is 3. The topological polar surface area (TPSA) is 77.8 Å². The smallest absolute Gasteiger partial charge is 0.303 e. The second-order valence-corrected chi connectivity index (χ2v) is 7.47. The maximum atomic E-state index is 12.1. The van der Waals surface area contributed by atoms with E-state index in [0.717, 1.165) is 31.2 Å². The molecule has 148 valence electrons. The molecule has 0 bridgehead atoms. The van der Waals surface area contributed by atoms with Crippen LogP contribution in [0.4, 0.5) is 0 Å². The number of carbonyl (C=O) groups excluding carboxylic acids is 1. The number of aliphatic carboxylic acids is 1. The molecule has 2 atom stereocenters. The van der Waals surface area contributed by atoms with Crippen molar-refractivity contribution < 1.29 is 19.8 Å². The molecule has 1 aliphatic heterocycles. The number of amides is 1. The molecule has 6 heteroatoms. The van der Waals surface area contributed by atoms with Gasteiger partial charge in [0.1, 0.15) is 0 Å². The van der Waals surface area contributed by atoms with Crippen LogP contribution in [0.2, 0.25) is 5.02 Å². The first kappa shape index (κ1) is 21.5. The summed E-state index contributed by atoms with van der Waals surface area (Å²) in [6.45, 7) is 0.686. The van der Waals surface area contributed by atoms with Gasteiger partial charge in [0.05, 0.1) is 12.1 Å². The van der Waals surface area contributed by atoms with Crippen molar-refractivity contribution in [2.45, 2.75) is 63.5 Å². The largest absolute Gasteiger partial charge is 0.481 e. The molecule has 1 heterocycles. The Hall–Kier alpha value is -1.85. The summed E-state index contributed by atoms with van der Waals surface area (Å²) in [5.41, 5.74) is 0.973. The third kappa shape index (κ3) is 7.73. The summed E-state index contributed by atoms with van der Waals surface area (Å²) >= 11 is 5.97. The predicted molar refractivity (Wildman–Crippen MR) is 106 cm³/mol. The minimum atomic E-state index is -0.758. The van der Waals surface area contributed by atoms with E-state index in [1.807, 2.05) is 29.2 Å². The number of halogens is 1. The Morgan fingerprint density at radius 3 is 2.81 bits per heavy atom. The minimum absolute atomic E-state index is 0.0329. The monoisotopic (exact) mass is 393 g/mol. The van der Waals surface area contributed by atoms with E-state index < -0.39 is 12.1 Å². The molecule has 5 nitrogen and oxygen atoms in total. The molecule has 1 saturated heterocycles. The lowest BCUT2D eigenvalue weighted by Gasteiger charge is -2.22. The van der Waals surface area contributed by atoms with Crippen LogP contribution in [0.25, 0.3) is 0 Å². The second-order valence-electron chi connectivity index (χ2n) is 7.04. The maximum Gasteiger partial charge on any atom is 0.303 e. The summed E-state index contributed by atoms with van der Waals surface area (Å²) in [4.78, 5) is 24.5. The SMILES string of the molecule is O=C(O)CCCCCCN1C(=O)CC[C@@H]1/C=C/[C@@H](O)Cc1cccc(Cl)c1. The van der Waals surface area contributed by atoms with Gasteiger partial charge in [0.2, 0.25) is 5.91 Å². The number of carbonyl (C=O) groups is 2. The van der Waals surface area contributed by atoms with Crippen molar-refractivity contribution >= 4 is 23.5 Å². The first-order chi connectivity index (χ1) is 13.0. The molecular weight excluding hydrogens is 366 g/mol. The van der Waals surface area contributed by atoms with Crippen LogP contribution in [0.5, 0.6) is 0 Å². The Kier molecular flexibility index (Phi) is 8.82. The minimum Gasteiger partial charge on any atom is -0.481 e. The van der Waals surface area contributed by atoms with Crippen LogP contribution >= 0.6 is 11.6 Å². The Bertz CT molecular complexity index is 661. The highest BCUT2D eigenvalue weighted by molar-refractivity contribution is 6.30. The van der Waals surface area contributed by atoms with Crippen molar-refractivity contribution in [3.05, 3.63) is 47.0 Å². The van der Waals surface area contributed by atoms with E-state index >= 15 is 0 Å². The van der Waals surface area contributed by atoms with Crippen LogP contribution in [0.15, 0.2) is 36.4 Å². The van der Waals surface area contributed by atoms with Gasteiger partial charge in [-0.25, -0.2) is 0 Å². The summed E-state index contributed by atoms with van der Waals surface area (Å²) in [5, 5.41) is 19.5. The van der Waals surface area contributed by atoms with E-state index in [2.05, 4.69) is 0 Å². The molecule has 1 fully saturated rings. The maximum absolute atomic E-state index is 12.1. The number of benzene rings is 1. The van der Waals surface area contributed by atoms with Gasteiger partial charge in [-0.2, -0.15) is 0 Å². The van der Waals surface area contributed by atoms with Crippen LogP contribution < -0.4 is 0 Å². The average molecular weight is 394 g/mol. The van der Waals surface area contributed by atoms with Crippen LogP contribution in [0.3, 0.4) is 0 Å². The van der Waals surface area contributed by atoms with E-state index in [1.54, 1.807) is 12.1 Å². The predicted octanol–water partition coefficient (Wildman–Crippen LogP) is 3.83. The van der Waals surface area contributed by atoms with Crippen LogP contribution in [-0.2, 0) is 16.0 Å². The van der Waals surface area contributed by atoms with Crippen molar-refractivity contribution in [2.24, 2.45) is 0 Å². The normalized spacial score (nSPS) is 18.4. The lowest BCUT2D eigenvalue weighted by Crippen LogP contribution is -2.32. The average Bonchev–Trinajstić information content (AvgIpc) is 2.96. The van der Waals surface area contributed by atoms with Gasteiger partial charge in [-0.15, -0.1) is 0 Å². The molecule has 0 radical (unpaired) electrons. The Labute approximate surface area is 165 Å². The van der Waals surface area contributed by atoms with Crippen LogP contribution in [0, 0.1) is 0 Å². The van der Waals surface area contributed by atoms with E-state index in [4.69, 9.17) is 16.7 Å². The lowest BCUT2D eigenvalue weighted by atomic mass is 10.1. The van der Waals surface area contributed by atoms with Crippen molar-refractivity contribution in [3.63, 3.8) is 0 Å². The van der Waals surface area contributed by atoms with Crippen molar-refractivity contribution in [3.8, 4) is 0 Å². The number of hydrogen-bond acceptors (Lipinski definition) is 3. The van der Waals surface area contributed by atoms with Gasteiger partial charge in [-0.1, -0.05) is 48.7 Å². The molecule has 1 aromatic rings. The van der Waals surface area contributed by atoms with Crippen molar-refractivity contribution in [2.75, 3.05) is 6.54 Å². The summed E-state index contributed by atoms with van der Waals surface area (Å²) < 4.78 is 0. The standard InChI is InChI=1S/C21H28ClNO4/c22-17-7-5-6-16(14-17)15-19(24)11-9-18-10-12-20(25)23(18)13-4-2-1-3-8-21(26)27/h5-7,9,11,14,18-19,24H,1-4,8,10,12-13,15H2,(H,26,27)/b11-9+/t18-,19+/m0/s1. The fourth-order valence-electron chi connectivity index (χ4n) is 3.39. The first-order valence-electron chi connectivity index (χ1n) is 9.58. The molecule has 0 unspecified atom stereocenters. The summed E-state index contributed by atoms with van der Waals surface area (Å²) in [6, 6.07) is 7.47. The Morgan fingerprint density at radius 1 is 1.30 bits per heavy atom.